The highest BCUT2D eigenvalue weighted by Gasteiger charge is 2.68. The molecule has 0 aliphatic heterocycles. The van der Waals surface area contributed by atoms with Crippen molar-refractivity contribution in [2.45, 2.75) is 34.2 Å². The van der Waals surface area contributed by atoms with Crippen LogP contribution in [0.1, 0.15) is 38.1 Å². The van der Waals surface area contributed by atoms with E-state index in [1.54, 1.807) is 11.3 Å². The Balaban J connectivity index is 1.90. The van der Waals surface area contributed by atoms with Gasteiger partial charge in [0, 0.05) is 21.7 Å². The van der Waals surface area contributed by atoms with Gasteiger partial charge in [-0.15, -0.1) is 11.3 Å². The summed E-state index contributed by atoms with van der Waals surface area (Å²) in [6.45, 7) is 9.57. The fraction of sp³-hybridized carbons (Fsp3) is 0.562. The average Bonchev–Trinajstić information content (AvgIpc) is 2.71. The lowest BCUT2D eigenvalue weighted by Gasteiger charge is -2.04. The van der Waals surface area contributed by atoms with Gasteiger partial charge in [0.25, 0.3) is 0 Å². The number of carbonyl (C=O) groups is 1. The van der Waals surface area contributed by atoms with E-state index in [1.165, 1.54) is 0 Å². The summed E-state index contributed by atoms with van der Waals surface area (Å²) in [6.07, 6.45) is 0. The summed E-state index contributed by atoms with van der Waals surface area (Å²) >= 11 is 1.62. The van der Waals surface area contributed by atoms with Crippen LogP contribution in [-0.2, 0) is 11.3 Å². The Labute approximate surface area is 124 Å². The van der Waals surface area contributed by atoms with Gasteiger partial charge in [0.2, 0.25) is 5.91 Å². The van der Waals surface area contributed by atoms with Gasteiger partial charge in [-0.05, 0) is 16.9 Å². The maximum absolute atomic E-state index is 12.2. The number of hydrogen-bond donors (Lipinski definition) is 2. The lowest BCUT2D eigenvalue weighted by atomic mass is 10.0. The highest BCUT2D eigenvalue weighted by Crippen LogP contribution is 2.68. The summed E-state index contributed by atoms with van der Waals surface area (Å²) in [5.74, 6) is 6.08. The molecule has 0 radical (unpaired) electrons. The second-order valence-electron chi connectivity index (χ2n) is 6.40. The van der Waals surface area contributed by atoms with E-state index in [0.29, 0.717) is 13.1 Å². The largest absolute Gasteiger partial charge is 0.351 e. The molecule has 0 spiro atoms. The highest BCUT2D eigenvalue weighted by molar-refractivity contribution is 7.10. The van der Waals surface area contributed by atoms with Crippen LogP contribution in [0.15, 0.2) is 11.4 Å². The molecule has 108 valence electrons. The Morgan fingerprint density at radius 2 is 2.05 bits per heavy atom. The summed E-state index contributed by atoms with van der Waals surface area (Å²) in [5, 5.41) is 5.04. The molecule has 1 aliphatic carbocycles. The third-order valence-electron chi connectivity index (χ3n) is 4.71. The third kappa shape index (κ3) is 2.61. The highest BCUT2D eigenvalue weighted by atomic mass is 32.1. The second kappa shape index (κ2) is 5.23. The number of thiophene rings is 1. The van der Waals surface area contributed by atoms with Crippen LogP contribution in [0.3, 0.4) is 0 Å². The maximum atomic E-state index is 12.2. The minimum atomic E-state index is 0.0876. The molecule has 1 aromatic rings. The summed E-state index contributed by atoms with van der Waals surface area (Å²) in [5.41, 5.74) is 6.49. The first-order valence-electron chi connectivity index (χ1n) is 6.84. The minimum absolute atomic E-state index is 0.0876. The van der Waals surface area contributed by atoms with Crippen molar-refractivity contribution in [3.05, 3.63) is 21.9 Å². The molecule has 1 heterocycles. The van der Waals surface area contributed by atoms with Crippen molar-refractivity contribution in [2.75, 3.05) is 6.54 Å². The molecule has 3 N–H and O–H groups in total. The Kier molecular flexibility index (Phi) is 3.95. The van der Waals surface area contributed by atoms with Crippen LogP contribution in [0.25, 0.3) is 0 Å². The van der Waals surface area contributed by atoms with Gasteiger partial charge in [0.15, 0.2) is 0 Å². The van der Waals surface area contributed by atoms with Gasteiger partial charge in [0.1, 0.15) is 0 Å². The van der Waals surface area contributed by atoms with Crippen molar-refractivity contribution in [1.82, 2.24) is 5.32 Å². The summed E-state index contributed by atoms with van der Waals surface area (Å²) in [7, 11) is 0. The van der Waals surface area contributed by atoms with E-state index in [-0.39, 0.29) is 22.7 Å². The van der Waals surface area contributed by atoms with Crippen molar-refractivity contribution in [1.29, 1.82) is 0 Å². The maximum Gasteiger partial charge on any atom is 0.224 e. The SMILES string of the molecule is CC1(C)C(C(=O)NCc2cc(C#CCN)cs2)C1(C)C. The molecule has 0 bridgehead atoms. The molecule has 1 aliphatic rings. The van der Waals surface area contributed by atoms with Gasteiger partial charge < -0.3 is 11.1 Å². The number of carbonyl (C=O) groups excluding carboxylic acids is 1. The van der Waals surface area contributed by atoms with E-state index < -0.39 is 0 Å². The molecule has 3 nitrogen and oxygen atoms in total. The van der Waals surface area contributed by atoms with Crippen LogP contribution in [0.5, 0.6) is 0 Å². The second-order valence-corrected chi connectivity index (χ2v) is 7.40. The van der Waals surface area contributed by atoms with Crippen LogP contribution < -0.4 is 11.1 Å². The van der Waals surface area contributed by atoms with E-state index in [4.69, 9.17) is 5.73 Å². The average molecular weight is 290 g/mol. The molecular formula is C16H22N2OS. The number of rotatable bonds is 3. The standard InChI is InChI=1S/C16H22N2OS/c1-15(2)13(16(15,3)4)14(19)18-9-12-8-11(10-20-12)6-5-7-17/h8,10,13H,7,9,17H2,1-4H3,(H,18,19). The molecule has 1 saturated carbocycles. The summed E-state index contributed by atoms with van der Waals surface area (Å²) in [6, 6.07) is 2.01. The van der Waals surface area contributed by atoms with Crippen molar-refractivity contribution in [3.8, 4) is 11.8 Å². The Bertz CT molecular complexity index is 561. The fourth-order valence-corrected chi connectivity index (χ4v) is 3.58. The van der Waals surface area contributed by atoms with E-state index in [1.807, 2.05) is 11.4 Å². The topological polar surface area (TPSA) is 55.1 Å². The molecule has 2 rings (SSSR count). The van der Waals surface area contributed by atoms with Gasteiger partial charge in [-0.3, -0.25) is 4.79 Å². The van der Waals surface area contributed by atoms with Gasteiger partial charge in [0.05, 0.1) is 13.1 Å². The van der Waals surface area contributed by atoms with Gasteiger partial charge >= 0.3 is 0 Å². The Hall–Kier alpha value is -1.31. The van der Waals surface area contributed by atoms with Gasteiger partial charge in [-0.2, -0.15) is 0 Å². The number of amides is 1. The lowest BCUT2D eigenvalue weighted by molar-refractivity contribution is -0.123. The molecule has 0 saturated heterocycles. The molecule has 1 aromatic heterocycles. The van der Waals surface area contributed by atoms with Crippen LogP contribution in [0.4, 0.5) is 0 Å². The van der Waals surface area contributed by atoms with E-state index in [2.05, 4.69) is 44.9 Å². The predicted molar refractivity (Wildman–Crippen MR) is 83.2 cm³/mol. The van der Waals surface area contributed by atoms with Gasteiger partial charge in [-0.1, -0.05) is 39.5 Å². The zero-order chi connectivity index (χ0) is 15.0. The molecular weight excluding hydrogens is 268 g/mol. The van der Waals surface area contributed by atoms with E-state index >= 15 is 0 Å². The van der Waals surface area contributed by atoms with Crippen molar-refractivity contribution in [2.24, 2.45) is 22.5 Å². The molecule has 1 amide bonds. The summed E-state index contributed by atoms with van der Waals surface area (Å²) < 4.78 is 0. The molecule has 1 fully saturated rings. The smallest absolute Gasteiger partial charge is 0.224 e. The molecule has 0 aromatic carbocycles. The molecule has 0 atom stereocenters. The Morgan fingerprint density at radius 1 is 1.40 bits per heavy atom. The predicted octanol–water partition coefficient (Wildman–Crippen LogP) is 2.36. The monoisotopic (exact) mass is 290 g/mol. The molecule has 0 unspecified atom stereocenters. The van der Waals surface area contributed by atoms with Crippen molar-refractivity contribution < 1.29 is 4.79 Å². The van der Waals surface area contributed by atoms with Crippen molar-refractivity contribution >= 4 is 17.2 Å². The fourth-order valence-electron chi connectivity index (χ4n) is 2.82. The van der Waals surface area contributed by atoms with Gasteiger partial charge in [-0.25, -0.2) is 0 Å². The van der Waals surface area contributed by atoms with E-state index in [0.717, 1.165) is 10.4 Å². The van der Waals surface area contributed by atoms with Crippen LogP contribution >= 0.6 is 11.3 Å². The van der Waals surface area contributed by atoms with Crippen molar-refractivity contribution in [3.63, 3.8) is 0 Å². The molecule has 20 heavy (non-hydrogen) atoms. The first kappa shape index (κ1) is 15.1. The number of nitrogens with one attached hydrogen (secondary N) is 1. The quantitative estimate of drug-likeness (QED) is 0.840. The minimum Gasteiger partial charge on any atom is -0.351 e. The normalized spacial score (nSPS) is 19.1. The summed E-state index contributed by atoms with van der Waals surface area (Å²) in [4.78, 5) is 13.4. The first-order valence-corrected chi connectivity index (χ1v) is 7.72. The van der Waals surface area contributed by atoms with Crippen LogP contribution in [-0.4, -0.2) is 12.5 Å². The molecule has 4 heteroatoms. The number of hydrogen-bond acceptors (Lipinski definition) is 3. The number of nitrogens with two attached hydrogens (primary N) is 1. The van der Waals surface area contributed by atoms with E-state index in [9.17, 15) is 4.79 Å². The Morgan fingerprint density at radius 3 is 2.60 bits per heavy atom. The zero-order valence-electron chi connectivity index (χ0n) is 12.5. The third-order valence-corrected chi connectivity index (χ3v) is 5.65. The van der Waals surface area contributed by atoms with Crippen LogP contribution in [0.2, 0.25) is 0 Å². The zero-order valence-corrected chi connectivity index (χ0v) is 13.4. The first-order chi connectivity index (χ1) is 9.30. The lowest BCUT2D eigenvalue weighted by Crippen LogP contribution is -2.26. The van der Waals surface area contributed by atoms with Crippen LogP contribution in [0, 0.1) is 28.6 Å².